The molecule has 0 radical (unpaired) electrons. The Bertz CT molecular complexity index is 871. The van der Waals surface area contributed by atoms with Gasteiger partial charge in [0.25, 0.3) is 0 Å². The van der Waals surface area contributed by atoms with Gasteiger partial charge in [0.05, 0.1) is 29.1 Å². The average Bonchev–Trinajstić information content (AvgIpc) is 3.23. The molecule has 2 unspecified atom stereocenters. The molecule has 3 heterocycles. The molecule has 2 N–H and O–H groups in total. The molecule has 0 aromatic carbocycles. The topological polar surface area (TPSA) is 73.4 Å². The lowest BCUT2D eigenvalue weighted by Crippen LogP contribution is -2.14. The van der Waals surface area contributed by atoms with Crippen molar-refractivity contribution in [1.29, 1.82) is 0 Å². The predicted octanol–water partition coefficient (Wildman–Crippen LogP) is 5.37. The smallest absolute Gasteiger partial charge is 0.129 e. The molecule has 2 aromatic rings. The lowest BCUT2D eigenvalue weighted by atomic mass is 9.92. The maximum absolute atomic E-state index is 6.20. The lowest BCUT2D eigenvalue weighted by molar-refractivity contribution is 0.224. The predicted molar refractivity (Wildman–Crippen MR) is 113 cm³/mol. The second-order valence-corrected chi connectivity index (χ2v) is 9.23. The molecular formula is C21H28N4OS. The zero-order valence-electron chi connectivity index (χ0n) is 16.7. The van der Waals surface area contributed by atoms with Crippen LogP contribution in [0.3, 0.4) is 0 Å². The zero-order valence-corrected chi connectivity index (χ0v) is 17.5. The number of allylic oxidation sites excluding steroid dienone is 2. The molecule has 0 fully saturated rings. The SMILES string of the molecule is CCC1C=C(C(C)(C)C)O/C1=C/N=C(N)CC(C)c1cc2cnncc2s1. The fourth-order valence-corrected chi connectivity index (χ4v) is 4.08. The van der Waals surface area contributed by atoms with Gasteiger partial charge in [0.15, 0.2) is 0 Å². The highest BCUT2D eigenvalue weighted by Gasteiger charge is 2.29. The van der Waals surface area contributed by atoms with E-state index in [0.717, 1.165) is 28.0 Å². The second kappa shape index (κ2) is 7.80. The Morgan fingerprint density at radius 1 is 1.37 bits per heavy atom. The number of thiophene rings is 1. The Kier molecular flexibility index (Phi) is 5.65. The van der Waals surface area contributed by atoms with Crippen LogP contribution in [0.15, 0.2) is 47.2 Å². The van der Waals surface area contributed by atoms with E-state index in [1.807, 2.05) is 0 Å². The van der Waals surface area contributed by atoms with Crippen molar-refractivity contribution in [3.8, 4) is 0 Å². The monoisotopic (exact) mass is 384 g/mol. The minimum absolute atomic E-state index is 0.00231. The van der Waals surface area contributed by atoms with E-state index in [1.165, 1.54) is 4.88 Å². The molecule has 2 aromatic heterocycles. The van der Waals surface area contributed by atoms with E-state index in [0.29, 0.717) is 18.2 Å². The van der Waals surface area contributed by atoms with E-state index < -0.39 is 0 Å². The van der Waals surface area contributed by atoms with Gasteiger partial charge in [0, 0.05) is 28.0 Å². The number of aliphatic imine (C=N–C) groups is 1. The number of aromatic nitrogens is 2. The first kappa shape index (κ1) is 19.5. The van der Waals surface area contributed by atoms with Crippen molar-refractivity contribution >= 4 is 27.3 Å². The molecule has 2 atom stereocenters. The van der Waals surface area contributed by atoms with Crippen molar-refractivity contribution in [3.05, 3.63) is 47.1 Å². The Morgan fingerprint density at radius 3 is 2.78 bits per heavy atom. The van der Waals surface area contributed by atoms with Gasteiger partial charge in [-0.2, -0.15) is 10.2 Å². The van der Waals surface area contributed by atoms with Crippen LogP contribution in [-0.4, -0.2) is 16.0 Å². The van der Waals surface area contributed by atoms with Gasteiger partial charge in [-0.1, -0.05) is 34.6 Å². The van der Waals surface area contributed by atoms with Crippen LogP contribution in [0.1, 0.15) is 58.3 Å². The van der Waals surface area contributed by atoms with Crippen molar-refractivity contribution in [2.24, 2.45) is 22.1 Å². The van der Waals surface area contributed by atoms with E-state index in [-0.39, 0.29) is 11.3 Å². The molecule has 0 bridgehead atoms. The van der Waals surface area contributed by atoms with Gasteiger partial charge in [0.2, 0.25) is 0 Å². The van der Waals surface area contributed by atoms with Crippen LogP contribution in [-0.2, 0) is 4.74 Å². The van der Waals surface area contributed by atoms with Gasteiger partial charge in [-0.05, 0) is 24.5 Å². The second-order valence-electron chi connectivity index (χ2n) is 8.11. The Labute approximate surface area is 165 Å². The van der Waals surface area contributed by atoms with Crippen molar-refractivity contribution in [3.63, 3.8) is 0 Å². The first-order valence-electron chi connectivity index (χ1n) is 9.40. The van der Waals surface area contributed by atoms with Crippen molar-refractivity contribution in [1.82, 2.24) is 10.2 Å². The third-order valence-electron chi connectivity index (χ3n) is 4.73. The largest absolute Gasteiger partial charge is 0.464 e. The molecule has 1 aliphatic rings. The molecular weight excluding hydrogens is 356 g/mol. The van der Waals surface area contributed by atoms with Gasteiger partial charge in [0.1, 0.15) is 11.5 Å². The maximum atomic E-state index is 6.20. The summed E-state index contributed by atoms with van der Waals surface area (Å²) in [6.07, 6.45) is 9.30. The lowest BCUT2D eigenvalue weighted by Gasteiger charge is -2.19. The van der Waals surface area contributed by atoms with E-state index in [1.54, 1.807) is 29.9 Å². The molecule has 0 spiro atoms. The number of hydrogen-bond donors (Lipinski definition) is 1. The summed E-state index contributed by atoms with van der Waals surface area (Å²) in [7, 11) is 0. The summed E-state index contributed by atoms with van der Waals surface area (Å²) in [5.74, 6) is 3.08. The normalized spacial score (nSPS) is 20.8. The van der Waals surface area contributed by atoms with Crippen LogP contribution >= 0.6 is 11.3 Å². The van der Waals surface area contributed by atoms with Crippen molar-refractivity contribution < 1.29 is 4.74 Å². The van der Waals surface area contributed by atoms with E-state index in [2.05, 4.69) is 62.0 Å². The van der Waals surface area contributed by atoms with Gasteiger partial charge in [-0.25, -0.2) is 4.99 Å². The molecule has 0 saturated heterocycles. The van der Waals surface area contributed by atoms with Crippen LogP contribution in [0.5, 0.6) is 0 Å². The number of ether oxygens (including phenoxy) is 1. The fraction of sp³-hybridized carbons (Fsp3) is 0.476. The van der Waals surface area contributed by atoms with Crippen LogP contribution in [0.4, 0.5) is 0 Å². The number of fused-ring (bicyclic) bond motifs is 1. The average molecular weight is 385 g/mol. The summed E-state index contributed by atoms with van der Waals surface area (Å²) in [5, 5.41) is 9.01. The number of rotatable bonds is 5. The minimum Gasteiger partial charge on any atom is -0.464 e. The molecule has 5 nitrogen and oxygen atoms in total. The molecule has 0 aliphatic carbocycles. The van der Waals surface area contributed by atoms with Gasteiger partial charge in [-0.15, -0.1) is 11.3 Å². The van der Waals surface area contributed by atoms with Crippen LogP contribution in [0.2, 0.25) is 0 Å². The fourth-order valence-electron chi connectivity index (χ4n) is 3.02. The van der Waals surface area contributed by atoms with E-state index in [4.69, 9.17) is 10.5 Å². The maximum Gasteiger partial charge on any atom is 0.129 e. The number of nitrogens with two attached hydrogens (primary N) is 1. The molecule has 0 amide bonds. The highest BCUT2D eigenvalue weighted by molar-refractivity contribution is 7.19. The zero-order chi connectivity index (χ0) is 19.6. The standard InChI is InChI=1S/C21H28N4OS/c1-6-14-9-19(21(3,4)5)26-16(14)11-23-20(22)7-13(2)17-8-15-10-24-25-12-18(15)27-17/h8-14H,6-7H2,1-5H3,(H2,22,23)/b16-11+. The molecule has 3 rings (SSSR count). The summed E-state index contributed by atoms with van der Waals surface area (Å²) >= 11 is 1.74. The molecule has 1 aliphatic heterocycles. The Morgan fingerprint density at radius 2 is 2.11 bits per heavy atom. The number of amidine groups is 1. The van der Waals surface area contributed by atoms with Gasteiger partial charge >= 0.3 is 0 Å². The summed E-state index contributed by atoms with van der Waals surface area (Å²) < 4.78 is 7.21. The summed E-state index contributed by atoms with van der Waals surface area (Å²) in [4.78, 5) is 5.76. The highest BCUT2D eigenvalue weighted by Crippen LogP contribution is 2.38. The number of nitrogens with zero attached hydrogens (tertiary/aromatic N) is 3. The summed E-state index contributed by atoms with van der Waals surface area (Å²) in [5.41, 5.74) is 6.20. The third-order valence-corrected chi connectivity index (χ3v) is 6.05. The Hall–Kier alpha value is -2.21. The first-order valence-corrected chi connectivity index (χ1v) is 10.2. The summed E-state index contributed by atoms with van der Waals surface area (Å²) in [6.45, 7) is 10.8. The van der Waals surface area contributed by atoms with E-state index >= 15 is 0 Å². The molecule has 144 valence electrons. The molecule has 0 saturated carbocycles. The van der Waals surface area contributed by atoms with Crippen LogP contribution < -0.4 is 5.73 Å². The first-order chi connectivity index (χ1) is 12.8. The minimum atomic E-state index is -0.00231. The highest BCUT2D eigenvalue weighted by atomic mass is 32.1. The quantitative estimate of drug-likeness (QED) is 0.555. The molecule has 6 heteroatoms. The van der Waals surface area contributed by atoms with Gasteiger partial charge < -0.3 is 10.5 Å². The summed E-state index contributed by atoms with van der Waals surface area (Å²) in [6, 6.07) is 2.16. The van der Waals surface area contributed by atoms with Crippen LogP contribution in [0, 0.1) is 11.3 Å². The molecule has 27 heavy (non-hydrogen) atoms. The van der Waals surface area contributed by atoms with Crippen molar-refractivity contribution in [2.45, 2.75) is 53.4 Å². The van der Waals surface area contributed by atoms with Gasteiger partial charge in [-0.3, -0.25) is 0 Å². The number of hydrogen-bond acceptors (Lipinski definition) is 5. The van der Waals surface area contributed by atoms with E-state index in [9.17, 15) is 0 Å². The van der Waals surface area contributed by atoms with Crippen LogP contribution in [0.25, 0.3) is 10.1 Å². The van der Waals surface area contributed by atoms with Crippen molar-refractivity contribution in [2.75, 3.05) is 0 Å². The Balaban J connectivity index is 1.69. The third kappa shape index (κ3) is 4.56.